The Morgan fingerprint density at radius 2 is 2.24 bits per heavy atom. The minimum absolute atomic E-state index is 0.271. The van der Waals surface area contributed by atoms with Gasteiger partial charge in [0.2, 0.25) is 0 Å². The van der Waals surface area contributed by atoms with Crippen LogP contribution in [0, 0.1) is 0 Å². The third kappa shape index (κ3) is 1.74. The van der Waals surface area contributed by atoms with Gasteiger partial charge in [0.25, 0.3) is 0 Å². The SMILES string of the molecule is Cn1cc(CC2(N)CCc3ccccc32)nn1. The molecule has 1 aromatic heterocycles. The molecule has 0 amide bonds. The van der Waals surface area contributed by atoms with Gasteiger partial charge in [-0.2, -0.15) is 0 Å². The first-order valence-corrected chi connectivity index (χ1v) is 5.90. The summed E-state index contributed by atoms with van der Waals surface area (Å²) in [6.45, 7) is 0. The molecular formula is C13H16N4. The van der Waals surface area contributed by atoms with E-state index >= 15 is 0 Å². The van der Waals surface area contributed by atoms with Gasteiger partial charge in [0.05, 0.1) is 5.69 Å². The molecule has 2 aromatic rings. The Morgan fingerprint density at radius 3 is 3.00 bits per heavy atom. The first-order valence-electron chi connectivity index (χ1n) is 5.90. The minimum Gasteiger partial charge on any atom is -0.321 e. The van der Waals surface area contributed by atoms with Crippen LogP contribution in [0.1, 0.15) is 23.2 Å². The number of hydrogen-bond acceptors (Lipinski definition) is 3. The molecule has 2 N–H and O–H groups in total. The Morgan fingerprint density at radius 1 is 1.41 bits per heavy atom. The number of hydrogen-bond donors (Lipinski definition) is 1. The van der Waals surface area contributed by atoms with Crippen molar-refractivity contribution in [2.24, 2.45) is 12.8 Å². The van der Waals surface area contributed by atoms with Gasteiger partial charge in [0, 0.05) is 25.2 Å². The molecule has 0 radical (unpaired) electrons. The van der Waals surface area contributed by atoms with Crippen LogP contribution in [-0.2, 0) is 25.4 Å². The smallest absolute Gasteiger partial charge is 0.0848 e. The van der Waals surface area contributed by atoms with E-state index in [-0.39, 0.29) is 5.54 Å². The standard InChI is InChI=1S/C13H16N4/c1-17-9-11(15-16-17)8-13(14)7-6-10-4-2-3-5-12(10)13/h2-5,9H,6-8,14H2,1H3. The molecule has 1 aliphatic carbocycles. The van der Waals surface area contributed by atoms with Gasteiger partial charge in [-0.05, 0) is 24.0 Å². The number of nitrogens with zero attached hydrogens (tertiary/aromatic N) is 3. The molecule has 1 heterocycles. The average Bonchev–Trinajstić information content (AvgIpc) is 2.86. The van der Waals surface area contributed by atoms with E-state index in [0.717, 1.165) is 25.0 Å². The molecule has 1 aromatic carbocycles. The second-order valence-corrected chi connectivity index (χ2v) is 4.87. The monoisotopic (exact) mass is 228 g/mol. The highest BCUT2D eigenvalue weighted by Gasteiger charge is 2.35. The van der Waals surface area contributed by atoms with Crippen molar-refractivity contribution in [3.8, 4) is 0 Å². The lowest BCUT2D eigenvalue weighted by Crippen LogP contribution is -2.36. The van der Waals surface area contributed by atoms with E-state index in [2.05, 4.69) is 34.6 Å². The molecule has 0 spiro atoms. The fourth-order valence-electron chi connectivity index (χ4n) is 2.70. The Labute approximate surface area is 100 Å². The molecule has 0 fully saturated rings. The normalized spacial score (nSPS) is 22.7. The van der Waals surface area contributed by atoms with Gasteiger partial charge < -0.3 is 5.73 Å². The number of aromatic nitrogens is 3. The number of aryl methyl sites for hydroxylation is 2. The summed E-state index contributed by atoms with van der Waals surface area (Å²) in [6.07, 6.45) is 4.75. The van der Waals surface area contributed by atoms with E-state index < -0.39 is 0 Å². The van der Waals surface area contributed by atoms with Gasteiger partial charge >= 0.3 is 0 Å². The third-order valence-corrected chi connectivity index (χ3v) is 3.54. The zero-order chi connectivity index (χ0) is 11.9. The van der Waals surface area contributed by atoms with Crippen molar-refractivity contribution >= 4 is 0 Å². The van der Waals surface area contributed by atoms with E-state index in [1.165, 1.54) is 11.1 Å². The molecule has 88 valence electrons. The average molecular weight is 228 g/mol. The maximum Gasteiger partial charge on any atom is 0.0848 e. The van der Waals surface area contributed by atoms with E-state index in [1.807, 2.05) is 13.2 Å². The lowest BCUT2D eigenvalue weighted by molar-refractivity contribution is 0.434. The van der Waals surface area contributed by atoms with E-state index in [1.54, 1.807) is 4.68 Å². The first-order chi connectivity index (χ1) is 8.17. The van der Waals surface area contributed by atoms with Crippen LogP contribution >= 0.6 is 0 Å². The largest absolute Gasteiger partial charge is 0.321 e. The number of benzene rings is 1. The molecule has 1 unspecified atom stereocenters. The Bertz CT molecular complexity index is 546. The van der Waals surface area contributed by atoms with Gasteiger partial charge in [-0.15, -0.1) is 5.10 Å². The van der Waals surface area contributed by atoms with Crippen LogP contribution in [0.2, 0.25) is 0 Å². The predicted octanol–water partition coefficient (Wildman–Crippen LogP) is 1.16. The topological polar surface area (TPSA) is 56.7 Å². The van der Waals surface area contributed by atoms with Crippen molar-refractivity contribution in [2.75, 3.05) is 0 Å². The highest BCUT2D eigenvalue weighted by atomic mass is 15.4. The van der Waals surface area contributed by atoms with Gasteiger partial charge in [0.15, 0.2) is 0 Å². The zero-order valence-electron chi connectivity index (χ0n) is 9.93. The first kappa shape index (κ1) is 10.5. The molecule has 0 saturated heterocycles. The van der Waals surface area contributed by atoms with Crippen LogP contribution < -0.4 is 5.73 Å². The molecule has 0 saturated carbocycles. The Balaban J connectivity index is 1.93. The highest BCUT2D eigenvalue weighted by Crippen LogP contribution is 2.36. The van der Waals surface area contributed by atoms with Gasteiger partial charge in [-0.25, -0.2) is 0 Å². The van der Waals surface area contributed by atoms with Crippen LogP contribution in [0.3, 0.4) is 0 Å². The van der Waals surface area contributed by atoms with E-state index in [4.69, 9.17) is 5.73 Å². The maximum atomic E-state index is 6.53. The van der Waals surface area contributed by atoms with E-state index in [0.29, 0.717) is 0 Å². The van der Waals surface area contributed by atoms with Crippen molar-refractivity contribution in [1.29, 1.82) is 0 Å². The molecule has 0 bridgehead atoms. The summed E-state index contributed by atoms with van der Waals surface area (Å²) < 4.78 is 1.72. The number of rotatable bonds is 2. The second kappa shape index (κ2) is 3.67. The Hall–Kier alpha value is -1.68. The molecule has 0 aliphatic heterocycles. The van der Waals surface area contributed by atoms with E-state index in [9.17, 15) is 0 Å². The summed E-state index contributed by atoms with van der Waals surface area (Å²) in [7, 11) is 1.88. The molecule has 3 rings (SSSR count). The molecular weight excluding hydrogens is 212 g/mol. The summed E-state index contributed by atoms with van der Waals surface area (Å²) in [5.41, 5.74) is 9.87. The summed E-state index contributed by atoms with van der Waals surface area (Å²) in [4.78, 5) is 0. The fraction of sp³-hybridized carbons (Fsp3) is 0.385. The number of nitrogens with two attached hydrogens (primary N) is 1. The summed E-state index contributed by atoms with van der Waals surface area (Å²) in [5.74, 6) is 0. The van der Waals surface area contributed by atoms with Gasteiger partial charge in [-0.1, -0.05) is 29.5 Å². The van der Waals surface area contributed by atoms with Crippen LogP contribution in [0.5, 0.6) is 0 Å². The Kier molecular flexibility index (Phi) is 2.26. The van der Waals surface area contributed by atoms with Crippen LogP contribution in [0.25, 0.3) is 0 Å². The molecule has 1 atom stereocenters. The predicted molar refractivity (Wildman–Crippen MR) is 65.3 cm³/mol. The van der Waals surface area contributed by atoms with Gasteiger partial charge in [0.1, 0.15) is 0 Å². The van der Waals surface area contributed by atoms with Gasteiger partial charge in [-0.3, -0.25) is 4.68 Å². The van der Waals surface area contributed by atoms with Crippen molar-refractivity contribution in [3.63, 3.8) is 0 Å². The van der Waals surface area contributed by atoms with Crippen molar-refractivity contribution in [2.45, 2.75) is 24.8 Å². The van der Waals surface area contributed by atoms with Crippen LogP contribution in [-0.4, -0.2) is 15.0 Å². The number of fused-ring (bicyclic) bond motifs is 1. The lowest BCUT2D eigenvalue weighted by atomic mass is 9.88. The van der Waals surface area contributed by atoms with Crippen molar-refractivity contribution in [1.82, 2.24) is 15.0 Å². The third-order valence-electron chi connectivity index (χ3n) is 3.54. The van der Waals surface area contributed by atoms with Crippen molar-refractivity contribution < 1.29 is 0 Å². The quantitative estimate of drug-likeness (QED) is 0.839. The second-order valence-electron chi connectivity index (χ2n) is 4.87. The van der Waals surface area contributed by atoms with Crippen LogP contribution in [0.15, 0.2) is 30.5 Å². The maximum absolute atomic E-state index is 6.53. The molecule has 17 heavy (non-hydrogen) atoms. The summed E-state index contributed by atoms with van der Waals surface area (Å²) >= 11 is 0. The molecule has 4 nitrogen and oxygen atoms in total. The minimum atomic E-state index is -0.271. The van der Waals surface area contributed by atoms with Crippen molar-refractivity contribution in [3.05, 3.63) is 47.3 Å². The highest BCUT2D eigenvalue weighted by molar-refractivity contribution is 5.39. The zero-order valence-corrected chi connectivity index (χ0v) is 9.93. The fourth-order valence-corrected chi connectivity index (χ4v) is 2.70. The lowest BCUT2D eigenvalue weighted by Gasteiger charge is -2.24. The molecule has 4 heteroatoms. The van der Waals surface area contributed by atoms with Crippen LogP contribution in [0.4, 0.5) is 0 Å². The summed E-state index contributed by atoms with van der Waals surface area (Å²) in [6, 6.07) is 8.44. The molecule has 1 aliphatic rings. The summed E-state index contributed by atoms with van der Waals surface area (Å²) in [5, 5.41) is 8.09.